The largest absolute Gasteiger partial charge is 0.482 e. The second-order valence-corrected chi connectivity index (χ2v) is 5.83. The topological polar surface area (TPSA) is 64.3 Å². The Balaban J connectivity index is 1.91. The lowest BCUT2D eigenvalue weighted by Crippen LogP contribution is -2.25. The fourth-order valence-corrected chi connectivity index (χ4v) is 2.85. The van der Waals surface area contributed by atoms with E-state index >= 15 is 0 Å². The summed E-state index contributed by atoms with van der Waals surface area (Å²) in [5.74, 6) is 0.437. The Hall–Kier alpha value is -1.85. The van der Waals surface area contributed by atoms with Crippen LogP contribution in [0.5, 0.6) is 5.75 Å². The van der Waals surface area contributed by atoms with Crippen LogP contribution in [0.15, 0.2) is 46.2 Å². The van der Waals surface area contributed by atoms with Crippen molar-refractivity contribution in [2.75, 3.05) is 17.7 Å². The van der Waals surface area contributed by atoms with E-state index in [2.05, 4.69) is 5.32 Å². The van der Waals surface area contributed by atoms with Gasteiger partial charge < -0.3 is 15.8 Å². The Labute approximate surface area is 125 Å². The first-order chi connectivity index (χ1) is 9.61. The van der Waals surface area contributed by atoms with Gasteiger partial charge in [-0.25, -0.2) is 0 Å². The van der Waals surface area contributed by atoms with E-state index in [1.807, 2.05) is 30.3 Å². The molecule has 6 heteroatoms. The molecule has 0 aromatic heterocycles. The van der Waals surface area contributed by atoms with Crippen LogP contribution in [0.1, 0.15) is 0 Å². The van der Waals surface area contributed by atoms with Crippen LogP contribution in [0.3, 0.4) is 0 Å². The van der Waals surface area contributed by atoms with Gasteiger partial charge in [0.05, 0.1) is 5.69 Å². The molecular formula is C14H11ClN2O2S. The van der Waals surface area contributed by atoms with Gasteiger partial charge in [0.2, 0.25) is 0 Å². The second kappa shape index (κ2) is 5.26. The minimum atomic E-state index is -0.162. The number of nitrogen functional groups attached to an aromatic ring is 1. The van der Waals surface area contributed by atoms with Crippen molar-refractivity contribution in [2.45, 2.75) is 9.79 Å². The molecule has 0 unspecified atom stereocenters. The number of ether oxygens (including phenoxy) is 1. The minimum absolute atomic E-state index is 0.0239. The van der Waals surface area contributed by atoms with E-state index in [9.17, 15) is 4.79 Å². The lowest BCUT2D eigenvalue weighted by Gasteiger charge is -2.19. The van der Waals surface area contributed by atoms with Crippen molar-refractivity contribution in [1.29, 1.82) is 0 Å². The quantitative estimate of drug-likeness (QED) is 0.835. The van der Waals surface area contributed by atoms with E-state index in [1.54, 1.807) is 6.07 Å². The van der Waals surface area contributed by atoms with Gasteiger partial charge in [-0.05, 0) is 30.3 Å². The van der Waals surface area contributed by atoms with Crippen molar-refractivity contribution in [3.8, 4) is 5.75 Å². The molecule has 0 saturated carbocycles. The number of amides is 1. The summed E-state index contributed by atoms with van der Waals surface area (Å²) in [5.41, 5.74) is 7.27. The Morgan fingerprint density at radius 2 is 2.00 bits per heavy atom. The molecule has 0 aliphatic carbocycles. The number of benzene rings is 2. The zero-order chi connectivity index (χ0) is 14.1. The normalized spacial score (nSPS) is 13.3. The minimum Gasteiger partial charge on any atom is -0.482 e. The molecular weight excluding hydrogens is 296 g/mol. The highest BCUT2D eigenvalue weighted by Crippen LogP contribution is 2.39. The summed E-state index contributed by atoms with van der Waals surface area (Å²) >= 11 is 7.37. The number of halogens is 1. The number of rotatable bonds is 2. The predicted molar refractivity (Wildman–Crippen MR) is 80.6 cm³/mol. The molecule has 1 heterocycles. The Bertz CT molecular complexity index is 674. The van der Waals surface area contributed by atoms with Crippen LogP contribution in [0, 0.1) is 0 Å². The first kappa shape index (κ1) is 13.1. The molecule has 0 spiro atoms. The van der Waals surface area contributed by atoms with Crippen LogP contribution in [0.25, 0.3) is 0 Å². The first-order valence-electron chi connectivity index (χ1n) is 5.91. The van der Waals surface area contributed by atoms with Gasteiger partial charge in [0.15, 0.2) is 6.61 Å². The maximum Gasteiger partial charge on any atom is 0.262 e. The molecule has 1 amide bonds. The average Bonchev–Trinajstić information content (AvgIpc) is 2.42. The molecule has 0 saturated heterocycles. The number of anilines is 2. The molecule has 0 radical (unpaired) electrons. The maximum absolute atomic E-state index is 11.3. The third-order valence-electron chi connectivity index (χ3n) is 2.79. The molecule has 2 aromatic carbocycles. The van der Waals surface area contributed by atoms with E-state index < -0.39 is 0 Å². The van der Waals surface area contributed by atoms with Crippen molar-refractivity contribution in [3.63, 3.8) is 0 Å². The lowest BCUT2D eigenvalue weighted by atomic mass is 10.2. The first-order valence-corrected chi connectivity index (χ1v) is 7.11. The third-order valence-corrected chi connectivity index (χ3v) is 4.12. The van der Waals surface area contributed by atoms with E-state index in [-0.39, 0.29) is 12.5 Å². The van der Waals surface area contributed by atoms with E-state index in [0.717, 1.165) is 9.79 Å². The summed E-state index contributed by atoms with van der Waals surface area (Å²) in [5, 5.41) is 3.46. The molecule has 1 aliphatic heterocycles. The van der Waals surface area contributed by atoms with Crippen molar-refractivity contribution >= 4 is 40.6 Å². The fourth-order valence-electron chi connectivity index (χ4n) is 1.84. The molecule has 3 N–H and O–H groups in total. The molecule has 0 fully saturated rings. The van der Waals surface area contributed by atoms with Gasteiger partial charge in [0.1, 0.15) is 5.75 Å². The highest BCUT2D eigenvalue weighted by molar-refractivity contribution is 7.99. The van der Waals surface area contributed by atoms with E-state index in [0.29, 0.717) is 22.1 Å². The van der Waals surface area contributed by atoms with Gasteiger partial charge in [-0.1, -0.05) is 23.4 Å². The molecule has 102 valence electrons. The van der Waals surface area contributed by atoms with Crippen LogP contribution in [0.4, 0.5) is 11.4 Å². The number of fused-ring (bicyclic) bond motifs is 1. The SMILES string of the molecule is Nc1cc2c(cc1Sc1ccc(Cl)cc1)NC(=O)CO2. The van der Waals surface area contributed by atoms with Gasteiger partial charge in [-0.2, -0.15) is 0 Å². The van der Waals surface area contributed by atoms with E-state index in [1.165, 1.54) is 11.8 Å². The number of hydrogen-bond acceptors (Lipinski definition) is 4. The van der Waals surface area contributed by atoms with Gasteiger partial charge >= 0.3 is 0 Å². The van der Waals surface area contributed by atoms with Crippen LogP contribution < -0.4 is 15.8 Å². The molecule has 0 atom stereocenters. The number of carbonyl (C=O) groups is 1. The third kappa shape index (κ3) is 2.69. The molecule has 0 bridgehead atoms. The number of hydrogen-bond donors (Lipinski definition) is 2. The summed E-state index contributed by atoms with van der Waals surface area (Å²) in [7, 11) is 0. The predicted octanol–water partition coefficient (Wildman–Crippen LogP) is 3.40. The van der Waals surface area contributed by atoms with Crippen LogP contribution in [-0.2, 0) is 4.79 Å². The molecule has 20 heavy (non-hydrogen) atoms. The van der Waals surface area contributed by atoms with Crippen LogP contribution in [-0.4, -0.2) is 12.5 Å². The van der Waals surface area contributed by atoms with Crippen molar-refractivity contribution in [2.24, 2.45) is 0 Å². The second-order valence-electron chi connectivity index (χ2n) is 4.28. The van der Waals surface area contributed by atoms with Crippen LogP contribution >= 0.6 is 23.4 Å². The summed E-state index contributed by atoms with van der Waals surface area (Å²) in [4.78, 5) is 13.2. The fraction of sp³-hybridized carbons (Fsp3) is 0.0714. The highest BCUT2D eigenvalue weighted by atomic mass is 35.5. The van der Waals surface area contributed by atoms with Gasteiger partial charge in [0.25, 0.3) is 5.91 Å². The zero-order valence-electron chi connectivity index (χ0n) is 10.4. The Kier molecular flexibility index (Phi) is 3.46. The van der Waals surface area contributed by atoms with Crippen molar-refractivity contribution in [1.82, 2.24) is 0 Å². The number of carbonyl (C=O) groups excluding carboxylic acids is 1. The van der Waals surface area contributed by atoms with Gasteiger partial charge in [-0.3, -0.25) is 4.79 Å². The number of nitrogens with one attached hydrogen (secondary N) is 1. The summed E-state index contributed by atoms with van der Waals surface area (Å²) < 4.78 is 5.32. The lowest BCUT2D eigenvalue weighted by molar-refractivity contribution is -0.118. The zero-order valence-corrected chi connectivity index (χ0v) is 11.9. The Morgan fingerprint density at radius 3 is 2.75 bits per heavy atom. The average molecular weight is 307 g/mol. The van der Waals surface area contributed by atoms with Crippen molar-refractivity contribution in [3.05, 3.63) is 41.4 Å². The molecule has 3 rings (SSSR count). The molecule has 4 nitrogen and oxygen atoms in total. The standard InChI is InChI=1S/C14H11ClN2O2S/c15-8-1-3-9(4-2-8)20-13-6-11-12(5-10(13)16)19-7-14(18)17-11/h1-6H,7,16H2,(H,17,18). The maximum atomic E-state index is 11.3. The summed E-state index contributed by atoms with van der Waals surface area (Å²) in [6.07, 6.45) is 0. The highest BCUT2D eigenvalue weighted by Gasteiger charge is 2.18. The van der Waals surface area contributed by atoms with Gasteiger partial charge in [0, 0.05) is 26.6 Å². The number of nitrogens with two attached hydrogens (primary N) is 1. The molecule has 1 aliphatic rings. The van der Waals surface area contributed by atoms with Crippen molar-refractivity contribution < 1.29 is 9.53 Å². The molecule has 2 aromatic rings. The Morgan fingerprint density at radius 1 is 1.25 bits per heavy atom. The van der Waals surface area contributed by atoms with E-state index in [4.69, 9.17) is 22.1 Å². The van der Waals surface area contributed by atoms with Gasteiger partial charge in [-0.15, -0.1) is 0 Å². The van der Waals surface area contributed by atoms with Crippen LogP contribution in [0.2, 0.25) is 5.02 Å². The summed E-state index contributed by atoms with van der Waals surface area (Å²) in [6.45, 7) is 0.0239. The monoisotopic (exact) mass is 306 g/mol. The summed E-state index contributed by atoms with van der Waals surface area (Å²) in [6, 6.07) is 11.0. The smallest absolute Gasteiger partial charge is 0.262 e.